The Labute approximate surface area is 179 Å². The summed E-state index contributed by atoms with van der Waals surface area (Å²) < 4.78 is 24.3. The van der Waals surface area contributed by atoms with Gasteiger partial charge in [-0.1, -0.05) is 24.8 Å². The van der Waals surface area contributed by atoms with Crippen LogP contribution in [0.5, 0.6) is 0 Å². The Kier molecular flexibility index (Phi) is 5.79. The number of likely N-dealkylation sites (tertiary alicyclic amines) is 1. The molecule has 3 heterocycles. The highest BCUT2D eigenvalue weighted by Crippen LogP contribution is 2.36. The number of nitrogens with one attached hydrogen (secondary N) is 2. The molecule has 3 aliphatic rings. The SMILES string of the molecule is C=C(CNC(=O)c1ccc(C2C=CC(F)=CN2)cc1)N1CC2(C[C@H]1C(=O)O)OCCO2. The number of carboxylic acid groups (broad SMARTS) is 1. The summed E-state index contributed by atoms with van der Waals surface area (Å²) in [6.07, 6.45) is 4.60. The van der Waals surface area contributed by atoms with Gasteiger partial charge in [-0.2, -0.15) is 0 Å². The molecule has 4 rings (SSSR count). The standard InChI is InChI=1S/C22H24FN3O5/c1-14(26-13-22(30-8-9-31-22)10-19(26)21(28)29)11-25-20(27)16-4-2-15(3-5-16)18-7-6-17(23)12-24-18/h2-7,12,18-19,24H,1,8-11,13H2,(H,25,27)(H,28,29)/t18?,19-/m0/s1. The van der Waals surface area contributed by atoms with E-state index in [0.717, 1.165) is 5.56 Å². The number of hydrogen-bond donors (Lipinski definition) is 3. The van der Waals surface area contributed by atoms with Gasteiger partial charge in [0.2, 0.25) is 0 Å². The van der Waals surface area contributed by atoms with Gasteiger partial charge in [-0.15, -0.1) is 0 Å². The molecule has 3 aliphatic heterocycles. The van der Waals surface area contributed by atoms with Crippen LogP contribution in [0, 0.1) is 0 Å². The second kappa shape index (κ2) is 8.52. The van der Waals surface area contributed by atoms with Crippen LogP contribution in [-0.2, 0) is 14.3 Å². The van der Waals surface area contributed by atoms with Crippen LogP contribution in [0.15, 0.2) is 60.7 Å². The summed E-state index contributed by atoms with van der Waals surface area (Å²) in [6, 6.07) is 5.97. The minimum atomic E-state index is -0.987. The van der Waals surface area contributed by atoms with Crippen molar-refractivity contribution in [3.8, 4) is 0 Å². The summed E-state index contributed by atoms with van der Waals surface area (Å²) in [5.41, 5.74) is 1.82. The number of nitrogens with zero attached hydrogens (tertiary/aromatic N) is 1. The fourth-order valence-electron chi connectivity index (χ4n) is 3.99. The molecule has 0 aliphatic carbocycles. The van der Waals surface area contributed by atoms with E-state index in [1.807, 2.05) is 0 Å². The van der Waals surface area contributed by atoms with Gasteiger partial charge in [-0.25, -0.2) is 9.18 Å². The van der Waals surface area contributed by atoms with Gasteiger partial charge in [0.1, 0.15) is 11.9 Å². The molecule has 0 radical (unpaired) electrons. The lowest BCUT2D eigenvalue weighted by atomic mass is 10.0. The van der Waals surface area contributed by atoms with E-state index in [1.165, 1.54) is 12.3 Å². The normalized spacial score (nSPS) is 24.0. The Morgan fingerprint density at radius 1 is 1.29 bits per heavy atom. The van der Waals surface area contributed by atoms with Crippen LogP contribution in [0.25, 0.3) is 0 Å². The topological polar surface area (TPSA) is 100 Å². The molecule has 1 unspecified atom stereocenters. The van der Waals surface area contributed by atoms with Crippen molar-refractivity contribution in [2.24, 2.45) is 0 Å². The summed E-state index contributed by atoms with van der Waals surface area (Å²) in [4.78, 5) is 25.8. The molecule has 1 aromatic rings. The van der Waals surface area contributed by atoms with Crippen LogP contribution in [-0.4, -0.2) is 60.0 Å². The Balaban J connectivity index is 1.34. The van der Waals surface area contributed by atoms with Crippen molar-refractivity contribution in [3.05, 3.63) is 71.8 Å². The number of amides is 1. The summed E-state index contributed by atoms with van der Waals surface area (Å²) in [5.74, 6) is -2.56. The van der Waals surface area contributed by atoms with Gasteiger partial charge in [-0.3, -0.25) is 4.79 Å². The molecule has 1 amide bonds. The number of aliphatic carboxylic acids is 1. The van der Waals surface area contributed by atoms with E-state index in [4.69, 9.17) is 9.47 Å². The minimum Gasteiger partial charge on any atom is -0.480 e. The number of rotatable bonds is 6. The van der Waals surface area contributed by atoms with Crippen molar-refractivity contribution in [1.29, 1.82) is 0 Å². The number of dihydropyridines is 1. The van der Waals surface area contributed by atoms with E-state index < -0.39 is 17.8 Å². The van der Waals surface area contributed by atoms with Crippen molar-refractivity contribution in [3.63, 3.8) is 0 Å². The average molecular weight is 429 g/mol. The monoisotopic (exact) mass is 429 g/mol. The first-order valence-electron chi connectivity index (χ1n) is 10.0. The number of ether oxygens (including phenoxy) is 2. The molecule has 3 N–H and O–H groups in total. The molecule has 8 nitrogen and oxygen atoms in total. The fourth-order valence-corrected chi connectivity index (χ4v) is 3.99. The second-order valence-electron chi connectivity index (χ2n) is 7.70. The predicted molar refractivity (Wildman–Crippen MR) is 110 cm³/mol. The summed E-state index contributed by atoms with van der Waals surface area (Å²) in [7, 11) is 0. The Hall–Kier alpha value is -3.17. The first-order chi connectivity index (χ1) is 14.9. The predicted octanol–water partition coefficient (Wildman–Crippen LogP) is 1.84. The van der Waals surface area contributed by atoms with Crippen LogP contribution in [0.4, 0.5) is 4.39 Å². The average Bonchev–Trinajstić information content (AvgIpc) is 3.40. The summed E-state index contributed by atoms with van der Waals surface area (Å²) in [5, 5.41) is 15.3. The lowest BCUT2D eigenvalue weighted by Gasteiger charge is -2.26. The zero-order chi connectivity index (χ0) is 22.0. The number of carbonyl (C=O) groups excluding carboxylic acids is 1. The van der Waals surface area contributed by atoms with Crippen LogP contribution < -0.4 is 10.6 Å². The van der Waals surface area contributed by atoms with Crippen LogP contribution in [0.1, 0.15) is 28.4 Å². The third-order valence-electron chi connectivity index (χ3n) is 5.63. The van der Waals surface area contributed by atoms with Gasteiger partial charge in [-0.05, 0) is 23.8 Å². The first kappa shape index (κ1) is 21.1. The largest absolute Gasteiger partial charge is 0.480 e. The minimum absolute atomic E-state index is 0.0947. The highest BCUT2D eigenvalue weighted by Gasteiger charge is 2.51. The fraction of sp³-hybridized carbons (Fsp3) is 0.364. The maximum absolute atomic E-state index is 13.1. The summed E-state index contributed by atoms with van der Waals surface area (Å²) >= 11 is 0. The third-order valence-corrected chi connectivity index (χ3v) is 5.63. The number of halogens is 1. The van der Waals surface area contributed by atoms with Crippen molar-refractivity contribution in [2.75, 3.05) is 26.3 Å². The third kappa shape index (κ3) is 4.47. The van der Waals surface area contributed by atoms with Crippen molar-refractivity contribution < 1.29 is 28.6 Å². The van der Waals surface area contributed by atoms with E-state index in [2.05, 4.69) is 17.2 Å². The molecule has 0 bridgehead atoms. The zero-order valence-corrected chi connectivity index (χ0v) is 16.8. The zero-order valence-electron chi connectivity index (χ0n) is 16.8. The lowest BCUT2D eigenvalue weighted by molar-refractivity contribution is -0.150. The van der Waals surface area contributed by atoms with Crippen molar-refractivity contribution >= 4 is 11.9 Å². The quantitative estimate of drug-likeness (QED) is 0.635. The highest BCUT2D eigenvalue weighted by atomic mass is 19.1. The Bertz CT molecular complexity index is 937. The van der Waals surface area contributed by atoms with Gasteiger partial charge in [0.15, 0.2) is 5.79 Å². The van der Waals surface area contributed by atoms with E-state index >= 15 is 0 Å². The van der Waals surface area contributed by atoms with Crippen LogP contribution in [0.3, 0.4) is 0 Å². The lowest BCUT2D eigenvalue weighted by Crippen LogP contribution is -2.40. The molecule has 2 fully saturated rings. The van der Waals surface area contributed by atoms with Gasteiger partial charge in [0.05, 0.1) is 32.3 Å². The maximum Gasteiger partial charge on any atom is 0.326 e. The number of allylic oxidation sites excluding steroid dienone is 2. The van der Waals surface area contributed by atoms with E-state index in [1.54, 1.807) is 35.2 Å². The molecule has 31 heavy (non-hydrogen) atoms. The molecule has 0 saturated carbocycles. The number of hydrogen-bond acceptors (Lipinski definition) is 6. The molecular weight excluding hydrogens is 405 g/mol. The van der Waals surface area contributed by atoms with Crippen LogP contribution >= 0.6 is 0 Å². The van der Waals surface area contributed by atoms with Gasteiger partial charge in [0.25, 0.3) is 5.91 Å². The van der Waals surface area contributed by atoms with E-state index in [9.17, 15) is 19.1 Å². The van der Waals surface area contributed by atoms with Gasteiger partial charge in [0, 0.05) is 23.9 Å². The molecule has 164 valence electrons. The van der Waals surface area contributed by atoms with Gasteiger partial charge >= 0.3 is 5.97 Å². The Morgan fingerprint density at radius 3 is 2.61 bits per heavy atom. The van der Waals surface area contributed by atoms with E-state index in [0.29, 0.717) is 24.5 Å². The van der Waals surface area contributed by atoms with Gasteiger partial charge < -0.3 is 30.1 Å². The molecular formula is C22H24FN3O5. The first-order valence-corrected chi connectivity index (χ1v) is 10.0. The highest BCUT2D eigenvalue weighted by molar-refractivity contribution is 5.94. The Morgan fingerprint density at radius 2 is 2.00 bits per heavy atom. The molecule has 1 spiro atoms. The number of benzene rings is 1. The van der Waals surface area contributed by atoms with E-state index in [-0.39, 0.29) is 37.3 Å². The second-order valence-corrected chi connectivity index (χ2v) is 7.70. The molecule has 2 atom stereocenters. The number of carboxylic acids is 1. The van der Waals surface area contributed by atoms with Crippen molar-refractivity contribution in [2.45, 2.75) is 24.3 Å². The molecule has 9 heteroatoms. The molecule has 2 saturated heterocycles. The van der Waals surface area contributed by atoms with Crippen molar-refractivity contribution in [1.82, 2.24) is 15.5 Å². The molecule has 1 aromatic carbocycles. The summed E-state index contributed by atoms with van der Waals surface area (Å²) in [6.45, 7) is 5.16. The maximum atomic E-state index is 13.1. The number of carbonyl (C=O) groups is 2. The van der Waals surface area contributed by atoms with Crippen LogP contribution in [0.2, 0.25) is 0 Å². The molecule has 0 aromatic heterocycles. The smallest absolute Gasteiger partial charge is 0.326 e.